The van der Waals surface area contributed by atoms with E-state index in [0.717, 1.165) is 0 Å². The van der Waals surface area contributed by atoms with Gasteiger partial charge < -0.3 is 10.5 Å². The molecule has 2 N–H and O–H groups in total. The van der Waals surface area contributed by atoms with E-state index in [-0.39, 0.29) is 17.8 Å². The third kappa shape index (κ3) is 3.55. The van der Waals surface area contributed by atoms with Gasteiger partial charge in [0.05, 0.1) is 0 Å². The van der Waals surface area contributed by atoms with Gasteiger partial charge in [0.2, 0.25) is 5.91 Å². The summed E-state index contributed by atoms with van der Waals surface area (Å²) in [5.74, 6) is -1.23. The number of esters is 1. The molecule has 4 heteroatoms. The van der Waals surface area contributed by atoms with Crippen LogP contribution >= 0.6 is 0 Å². The van der Waals surface area contributed by atoms with E-state index in [1.165, 1.54) is 6.92 Å². The van der Waals surface area contributed by atoms with Gasteiger partial charge in [-0.25, -0.2) is 4.79 Å². The largest absolute Gasteiger partial charge is 0.457 e. The molecule has 0 aromatic rings. The van der Waals surface area contributed by atoms with Crippen LogP contribution in [0.25, 0.3) is 0 Å². The van der Waals surface area contributed by atoms with Crippen LogP contribution in [0.4, 0.5) is 0 Å². The second-order valence-corrected chi connectivity index (χ2v) is 2.32. The molecule has 0 radical (unpaired) electrons. The van der Waals surface area contributed by atoms with Crippen LogP contribution in [0.2, 0.25) is 0 Å². The molecule has 0 aliphatic carbocycles. The summed E-state index contributed by atoms with van der Waals surface area (Å²) < 4.78 is 4.59. The normalized spacial score (nSPS) is 8.75. The summed E-state index contributed by atoms with van der Waals surface area (Å²) in [4.78, 5) is 21.1. The van der Waals surface area contributed by atoms with Crippen LogP contribution in [0.3, 0.4) is 0 Å². The first kappa shape index (κ1) is 10.4. The van der Waals surface area contributed by atoms with Crippen molar-refractivity contribution in [1.29, 1.82) is 0 Å². The van der Waals surface area contributed by atoms with E-state index in [1.807, 2.05) is 0 Å². The third-order valence-corrected chi connectivity index (χ3v) is 1.07. The second-order valence-electron chi connectivity index (χ2n) is 2.32. The third-order valence-electron chi connectivity index (χ3n) is 1.07. The van der Waals surface area contributed by atoms with Gasteiger partial charge in [-0.1, -0.05) is 13.2 Å². The Bertz CT molecular complexity index is 217. The first-order chi connectivity index (χ1) is 5.45. The quantitative estimate of drug-likeness (QED) is 0.481. The average molecular weight is 169 g/mol. The van der Waals surface area contributed by atoms with Crippen LogP contribution in [0.1, 0.15) is 6.92 Å². The van der Waals surface area contributed by atoms with Crippen LogP contribution in [0.15, 0.2) is 24.3 Å². The first-order valence-electron chi connectivity index (χ1n) is 3.25. The summed E-state index contributed by atoms with van der Waals surface area (Å²) >= 11 is 0. The predicted molar refractivity (Wildman–Crippen MR) is 44.1 cm³/mol. The van der Waals surface area contributed by atoms with Crippen LogP contribution < -0.4 is 5.73 Å². The minimum Gasteiger partial charge on any atom is -0.457 e. The highest BCUT2D eigenvalue weighted by Gasteiger charge is 2.06. The van der Waals surface area contributed by atoms with E-state index < -0.39 is 11.9 Å². The van der Waals surface area contributed by atoms with Crippen molar-refractivity contribution in [3.8, 4) is 0 Å². The fourth-order valence-corrected chi connectivity index (χ4v) is 0.347. The molecule has 4 nitrogen and oxygen atoms in total. The zero-order valence-corrected chi connectivity index (χ0v) is 6.92. The topological polar surface area (TPSA) is 69.4 Å². The van der Waals surface area contributed by atoms with Gasteiger partial charge >= 0.3 is 5.97 Å². The molecule has 0 aliphatic rings. The predicted octanol–water partition coefficient (Wildman–Crippen LogP) is 0.147. The number of hydrogen-bond acceptors (Lipinski definition) is 3. The number of amides is 1. The maximum absolute atomic E-state index is 10.8. The Hall–Kier alpha value is -1.58. The minimum atomic E-state index is -0.676. The molecule has 0 unspecified atom stereocenters. The van der Waals surface area contributed by atoms with Gasteiger partial charge in [0, 0.05) is 11.1 Å². The lowest BCUT2D eigenvalue weighted by molar-refractivity contribution is -0.138. The number of hydrogen-bond donors (Lipinski definition) is 1. The molecule has 0 aromatic carbocycles. The van der Waals surface area contributed by atoms with Gasteiger partial charge in [-0.15, -0.1) is 0 Å². The summed E-state index contributed by atoms with van der Waals surface area (Å²) in [6.45, 7) is 7.99. The molecule has 0 atom stereocenters. The molecule has 0 rings (SSSR count). The molecule has 0 bridgehead atoms. The van der Waals surface area contributed by atoms with E-state index in [1.54, 1.807) is 0 Å². The molecule has 0 saturated carbocycles. The molecule has 0 aromatic heterocycles. The van der Waals surface area contributed by atoms with Crippen molar-refractivity contribution in [3.05, 3.63) is 24.3 Å². The Morgan fingerprint density at radius 3 is 2.25 bits per heavy atom. The van der Waals surface area contributed by atoms with E-state index in [0.29, 0.717) is 0 Å². The summed E-state index contributed by atoms with van der Waals surface area (Å²) in [5, 5.41) is 0. The Morgan fingerprint density at radius 1 is 1.42 bits per heavy atom. The lowest BCUT2D eigenvalue weighted by Crippen LogP contribution is -2.18. The Kier molecular flexibility index (Phi) is 3.76. The first-order valence-corrected chi connectivity index (χ1v) is 3.25. The van der Waals surface area contributed by atoms with Crippen LogP contribution in [0, 0.1) is 0 Å². The van der Waals surface area contributed by atoms with E-state index in [4.69, 9.17) is 5.73 Å². The fourth-order valence-electron chi connectivity index (χ4n) is 0.347. The second kappa shape index (κ2) is 4.33. The standard InChI is InChI=1S/C8H11NO3/c1-5(2)8(11)12-4-6(3)7(9)10/h1,3-4H2,2H3,(H2,9,10). The smallest absolute Gasteiger partial charge is 0.333 e. The monoisotopic (exact) mass is 169 g/mol. The van der Waals surface area contributed by atoms with Crippen molar-refractivity contribution < 1.29 is 14.3 Å². The van der Waals surface area contributed by atoms with Crippen LogP contribution in [0.5, 0.6) is 0 Å². The molecule has 66 valence electrons. The fraction of sp³-hybridized carbons (Fsp3) is 0.250. The number of ether oxygens (including phenoxy) is 1. The highest BCUT2D eigenvalue weighted by molar-refractivity contribution is 5.92. The van der Waals surface area contributed by atoms with Crippen molar-refractivity contribution in [2.45, 2.75) is 6.92 Å². The number of rotatable bonds is 4. The summed E-state index contributed by atoms with van der Waals surface area (Å²) in [6.07, 6.45) is 0. The molecule has 0 heterocycles. The van der Waals surface area contributed by atoms with Crippen molar-refractivity contribution >= 4 is 11.9 Å². The molecular formula is C8H11NO3. The molecule has 0 aliphatic heterocycles. The number of nitrogens with two attached hydrogens (primary N) is 1. The molecule has 0 spiro atoms. The van der Waals surface area contributed by atoms with Gasteiger partial charge in [0.15, 0.2) is 0 Å². The Morgan fingerprint density at radius 2 is 1.92 bits per heavy atom. The minimum absolute atomic E-state index is 0.0598. The molecular weight excluding hydrogens is 158 g/mol. The summed E-state index contributed by atoms with van der Waals surface area (Å²) in [5.41, 5.74) is 5.18. The van der Waals surface area contributed by atoms with Crippen LogP contribution in [-0.4, -0.2) is 18.5 Å². The van der Waals surface area contributed by atoms with Gasteiger partial charge in [0.25, 0.3) is 0 Å². The highest BCUT2D eigenvalue weighted by atomic mass is 16.5. The zero-order chi connectivity index (χ0) is 9.72. The van der Waals surface area contributed by atoms with Crippen molar-refractivity contribution in [1.82, 2.24) is 0 Å². The average Bonchev–Trinajstić information content (AvgIpc) is 1.98. The Labute approximate surface area is 70.7 Å². The lowest BCUT2D eigenvalue weighted by atomic mass is 10.3. The SMILES string of the molecule is C=C(C)C(=O)OCC(=C)C(N)=O. The van der Waals surface area contributed by atoms with Gasteiger partial charge in [0.1, 0.15) is 6.61 Å². The van der Waals surface area contributed by atoms with E-state index in [2.05, 4.69) is 17.9 Å². The molecule has 0 fully saturated rings. The molecule has 12 heavy (non-hydrogen) atoms. The maximum Gasteiger partial charge on any atom is 0.333 e. The van der Waals surface area contributed by atoms with Crippen LogP contribution in [-0.2, 0) is 14.3 Å². The number of carbonyl (C=O) groups is 2. The van der Waals surface area contributed by atoms with Crippen molar-refractivity contribution in [2.75, 3.05) is 6.61 Å². The summed E-state index contributed by atoms with van der Waals surface area (Å²) in [6, 6.07) is 0. The summed E-state index contributed by atoms with van der Waals surface area (Å²) in [7, 11) is 0. The van der Waals surface area contributed by atoms with Gasteiger partial charge in [-0.2, -0.15) is 0 Å². The van der Waals surface area contributed by atoms with Crippen molar-refractivity contribution in [2.24, 2.45) is 5.73 Å². The number of primary amides is 1. The van der Waals surface area contributed by atoms with Gasteiger partial charge in [-0.3, -0.25) is 4.79 Å². The molecule has 1 amide bonds. The van der Waals surface area contributed by atoms with Crippen molar-refractivity contribution in [3.63, 3.8) is 0 Å². The van der Waals surface area contributed by atoms with Gasteiger partial charge in [-0.05, 0) is 6.92 Å². The maximum atomic E-state index is 10.8. The Balaban J connectivity index is 3.85. The number of carbonyl (C=O) groups excluding carboxylic acids is 2. The lowest BCUT2D eigenvalue weighted by Gasteiger charge is -2.03. The highest BCUT2D eigenvalue weighted by Crippen LogP contribution is 1.95. The zero-order valence-electron chi connectivity index (χ0n) is 6.92. The van der Waals surface area contributed by atoms with E-state index in [9.17, 15) is 9.59 Å². The van der Waals surface area contributed by atoms with E-state index >= 15 is 0 Å². The molecule has 0 saturated heterocycles.